The Morgan fingerprint density at radius 2 is 2.03 bits per heavy atom. The second-order valence-corrected chi connectivity index (χ2v) is 7.37. The Morgan fingerprint density at radius 3 is 2.76 bits per heavy atom. The highest BCUT2D eigenvalue weighted by Crippen LogP contribution is 2.25. The van der Waals surface area contributed by atoms with Crippen molar-refractivity contribution in [2.45, 2.75) is 32.2 Å². The Morgan fingerprint density at radius 1 is 1.28 bits per heavy atom. The molecule has 3 rings (SSSR count). The highest BCUT2D eigenvalue weighted by Gasteiger charge is 2.28. The van der Waals surface area contributed by atoms with E-state index in [1.54, 1.807) is 24.3 Å². The topological polar surface area (TPSA) is 126 Å². The Labute approximate surface area is 170 Å². The van der Waals surface area contributed by atoms with E-state index in [0.717, 1.165) is 0 Å². The van der Waals surface area contributed by atoms with Crippen LogP contribution in [-0.2, 0) is 20.7 Å². The number of anilines is 2. The van der Waals surface area contributed by atoms with Crippen molar-refractivity contribution in [1.29, 1.82) is 0 Å². The van der Waals surface area contributed by atoms with Crippen LogP contribution in [-0.4, -0.2) is 41.8 Å². The van der Waals surface area contributed by atoms with Crippen molar-refractivity contribution in [3.63, 3.8) is 0 Å². The molecular weight excluding hydrogens is 396 g/mol. The molecule has 0 aliphatic carbocycles. The third kappa shape index (κ3) is 4.60. The summed E-state index contributed by atoms with van der Waals surface area (Å²) < 4.78 is 4.69. The van der Waals surface area contributed by atoms with Crippen LogP contribution >= 0.6 is 11.3 Å². The average molecular weight is 416 g/mol. The summed E-state index contributed by atoms with van der Waals surface area (Å²) in [5, 5.41) is 8.26. The predicted molar refractivity (Wildman–Crippen MR) is 107 cm³/mol. The number of amides is 3. The van der Waals surface area contributed by atoms with E-state index in [0.29, 0.717) is 22.5 Å². The van der Waals surface area contributed by atoms with Gasteiger partial charge in [0.2, 0.25) is 11.8 Å². The number of hydrogen-bond acceptors (Lipinski definition) is 7. The smallest absolute Gasteiger partial charge is 0.357 e. The molecule has 29 heavy (non-hydrogen) atoms. The molecule has 2 heterocycles. The van der Waals surface area contributed by atoms with Gasteiger partial charge in [0, 0.05) is 11.3 Å². The summed E-state index contributed by atoms with van der Waals surface area (Å²) >= 11 is 1.20. The molecule has 0 saturated carbocycles. The standard InChI is InChI=1S/C19H20N4O5S/c1-3-13-15(18(27)28-2)23-19(29-13)22-14(24)9-8-12-17(26)20-11-7-5-4-6-10(11)16(25)21-12/h4-7,12H,3,8-9H2,1-2H3,(H,20,26)(H,21,25)(H,22,23,24)/t12-/m1/s1. The second kappa shape index (κ2) is 8.82. The van der Waals surface area contributed by atoms with Gasteiger partial charge in [-0.1, -0.05) is 19.1 Å². The summed E-state index contributed by atoms with van der Waals surface area (Å²) in [6, 6.07) is 5.86. The maximum Gasteiger partial charge on any atom is 0.357 e. The molecule has 1 atom stereocenters. The zero-order valence-electron chi connectivity index (χ0n) is 15.9. The number of nitrogens with one attached hydrogen (secondary N) is 3. The lowest BCUT2D eigenvalue weighted by molar-refractivity contribution is -0.118. The van der Waals surface area contributed by atoms with E-state index < -0.39 is 12.0 Å². The van der Waals surface area contributed by atoms with Crippen molar-refractivity contribution >= 4 is 45.8 Å². The molecule has 152 valence electrons. The van der Waals surface area contributed by atoms with Crippen LogP contribution in [0.15, 0.2) is 24.3 Å². The molecule has 1 aromatic carbocycles. The fourth-order valence-corrected chi connectivity index (χ4v) is 3.78. The van der Waals surface area contributed by atoms with Gasteiger partial charge < -0.3 is 20.7 Å². The number of para-hydroxylation sites is 1. The Balaban J connectivity index is 1.61. The van der Waals surface area contributed by atoms with Crippen LogP contribution in [0.1, 0.15) is 45.5 Å². The minimum Gasteiger partial charge on any atom is -0.464 e. The van der Waals surface area contributed by atoms with Crippen LogP contribution in [0.25, 0.3) is 0 Å². The molecule has 1 aliphatic rings. The van der Waals surface area contributed by atoms with Gasteiger partial charge in [-0.05, 0) is 25.0 Å². The molecule has 0 spiro atoms. The number of ether oxygens (including phenoxy) is 1. The number of aromatic nitrogens is 1. The van der Waals surface area contributed by atoms with E-state index in [9.17, 15) is 19.2 Å². The summed E-state index contributed by atoms with van der Waals surface area (Å²) in [6.07, 6.45) is 0.684. The third-order valence-corrected chi connectivity index (χ3v) is 5.47. The zero-order valence-corrected chi connectivity index (χ0v) is 16.7. The second-order valence-electron chi connectivity index (χ2n) is 6.28. The van der Waals surface area contributed by atoms with Gasteiger partial charge >= 0.3 is 5.97 Å². The van der Waals surface area contributed by atoms with Gasteiger partial charge in [-0.2, -0.15) is 0 Å². The maximum absolute atomic E-state index is 12.4. The summed E-state index contributed by atoms with van der Waals surface area (Å²) in [6.45, 7) is 1.87. The van der Waals surface area contributed by atoms with E-state index in [1.807, 2.05) is 6.92 Å². The predicted octanol–water partition coefficient (Wildman–Crippen LogP) is 1.96. The first-order valence-corrected chi connectivity index (χ1v) is 9.83. The minimum absolute atomic E-state index is 0.0106. The van der Waals surface area contributed by atoms with Crippen LogP contribution in [0, 0.1) is 0 Å². The monoisotopic (exact) mass is 416 g/mol. The van der Waals surface area contributed by atoms with Gasteiger partial charge in [-0.3, -0.25) is 14.4 Å². The lowest BCUT2D eigenvalue weighted by atomic mass is 10.1. The van der Waals surface area contributed by atoms with Crippen molar-refractivity contribution < 1.29 is 23.9 Å². The fraction of sp³-hybridized carbons (Fsp3) is 0.316. The van der Waals surface area contributed by atoms with Gasteiger partial charge in [0.15, 0.2) is 10.8 Å². The van der Waals surface area contributed by atoms with Gasteiger partial charge in [-0.15, -0.1) is 11.3 Å². The first kappa shape index (κ1) is 20.5. The van der Waals surface area contributed by atoms with Crippen LogP contribution in [0.2, 0.25) is 0 Å². The lowest BCUT2D eigenvalue weighted by Gasteiger charge is -2.13. The molecule has 3 amide bonds. The number of carbonyl (C=O) groups excluding carboxylic acids is 4. The third-order valence-electron chi connectivity index (χ3n) is 4.36. The number of aryl methyl sites for hydroxylation is 1. The Bertz CT molecular complexity index is 971. The number of methoxy groups -OCH3 is 1. The summed E-state index contributed by atoms with van der Waals surface area (Å²) in [5.41, 5.74) is 0.994. The lowest BCUT2D eigenvalue weighted by Crippen LogP contribution is -2.41. The molecule has 0 saturated heterocycles. The number of nitrogens with zero attached hydrogens (tertiary/aromatic N) is 1. The highest BCUT2D eigenvalue weighted by atomic mass is 32.1. The highest BCUT2D eigenvalue weighted by molar-refractivity contribution is 7.16. The number of benzene rings is 1. The summed E-state index contributed by atoms with van der Waals surface area (Å²) in [7, 11) is 1.27. The molecule has 1 aromatic heterocycles. The van der Waals surface area contributed by atoms with Crippen LogP contribution in [0.4, 0.5) is 10.8 Å². The fourth-order valence-electron chi connectivity index (χ4n) is 2.87. The van der Waals surface area contributed by atoms with Crippen LogP contribution in [0.3, 0.4) is 0 Å². The number of rotatable bonds is 6. The van der Waals surface area contributed by atoms with E-state index >= 15 is 0 Å². The summed E-state index contributed by atoms with van der Waals surface area (Å²) in [5.74, 6) is -1.69. The van der Waals surface area contributed by atoms with Crippen LogP contribution in [0.5, 0.6) is 0 Å². The average Bonchev–Trinajstić information content (AvgIpc) is 3.07. The minimum atomic E-state index is -0.839. The first-order chi connectivity index (χ1) is 13.9. The molecule has 10 heteroatoms. The van der Waals surface area contributed by atoms with Crippen molar-refractivity contribution in [1.82, 2.24) is 10.3 Å². The molecule has 3 N–H and O–H groups in total. The van der Waals surface area contributed by atoms with Crippen molar-refractivity contribution in [3.8, 4) is 0 Å². The Hall–Kier alpha value is -3.27. The molecule has 9 nitrogen and oxygen atoms in total. The van der Waals surface area contributed by atoms with Crippen LogP contribution < -0.4 is 16.0 Å². The normalized spacial score (nSPS) is 15.6. The SMILES string of the molecule is CCc1sc(NC(=O)CC[C@H]2NC(=O)c3ccccc3NC2=O)nc1C(=O)OC. The van der Waals surface area contributed by atoms with E-state index in [4.69, 9.17) is 4.74 Å². The number of carbonyl (C=O) groups is 4. The number of fused-ring (bicyclic) bond motifs is 1. The largest absolute Gasteiger partial charge is 0.464 e. The molecule has 2 aromatic rings. The molecular formula is C19H20N4O5S. The van der Waals surface area contributed by atoms with Gasteiger partial charge in [-0.25, -0.2) is 9.78 Å². The van der Waals surface area contributed by atoms with Gasteiger partial charge in [0.25, 0.3) is 5.91 Å². The van der Waals surface area contributed by atoms with Gasteiger partial charge in [0.05, 0.1) is 18.4 Å². The molecule has 0 radical (unpaired) electrons. The van der Waals surface area contributed by atoms with E-state index in [1.165, 1.54) is 18.4 Å². The van der Waals surface area contributed by atoms with Crippen molar-refractivity contribution in [2.24, 2.45) is 0 Å². The van der Waals surface area contributed by atoms with Crippen molar-refractivity contribution in [2.75, 3.05) is 17.7 Å². The Kier molecular flexibility index (Phi) is 6.23. The van der Waals surface area contributed by atoms with E-state index in [2.05, 4.69) is 20.9 Å². The first-order valence-electron chi connectivity index (χ1n) is 9.01. The molecule has 0 bridgehead atoms. The number of thiazole rings is 1. The maximum atomic E-state index is 12.4. The quantitative estimate of drug-likeness (QED) is 0.618. The molecule has 1 aliphatic heterocycles. The molecule has 0 unspecified atom stereocenters. The number of hydrogen-bond donors (Lipinski definition) is 3. The summed E-state index contributed by atoms with van der Waals surface area (Å²) in [4.78, 5) is 53.5. The van der Waals surface area contributed by atoms with Crippen molar-refractivity contribution in [3.05, 3.63) is 40.4 Å². The number of esters is 1. The van der Waals surface area contributed by atoms with Gasteiger partial charge in [0.1, 0.15) is 6.04 Å². The van der Waals surface area contributed by atoms with E-state index in [-0.39, 0.29) is 41.4 Å². The molecule has 0 fully saturated rings. The zero-order chi connectivity index (χ0) is 21.0.